The Bertz CT molecular complexity index is 544. The molecule has 0 saturated heterocycles. The first-order valence-corrected chi connectivity index (χ1v) is 7.19. The molecule has 3 rings (SSSR count). The molecule has 0 unspecified atom stereocenters. The second-order valence-corrected chi connectivity index (χ2v) is 6.30. The van der Waals surface area contributed by atoms with Gasteiger partial charge in [-0.15, -0.1) is 0 Å². The Balaban J connectivity index is 2.07. The fraction of sp³-hybridized carbons (Fsp3) is 0.500. The molecule has 1 aliphatic rings. The summed E-state index contributed by atoms with van der Waals surface area (Å²) in [5, 5.41) is 1.14. The van der Waals surface area contributed by atoms with Gasteiger partial charge in [0.2, 0.25) is 0 Å². The SMILES string of the molecule is CC1(c2nc3cc(Cl)c(Cl)cc3[nH]2)CCCCC1. The van der Waals surface area contributed by atoms with Crippen LogP contribution in [-0.2, 0) is 5.41 Å². The van der Waals surface area contributed by atoms with Crippen LogP contribution in [0.2, 0.25) is 10.0 Å². The van der Waals surface area contributed by atoms with Crippen molar-refractivity contribution in [1.29, 1.82) is 0 Å². The van der Waals surface area contributed by atoms with Gasteiger partial charge in [0.05, 0.1) is 21.1 Å². The minimum atomic E-state index is 0.177. The monoisotopic (exact) mass is 282 g/mol. The predicted octanol–water partition coefficient (Wildman–Crippen LogP) is 5.09. The van der Waals surface area contributed by atoms with E-state index >= 15 is 0 Å². The molecule has 2 nitrogen and oxygen atoms in total. The first-order chi connectivity index (χ1) is 8.58. The molecule has 1 aromatic carbocycles. The van der Waals surface area contributed by atoms with E-state index in [1.807, 2.05) is 12.1 Å². The first-order valence-electron chi connectivity index (χ1n) is 6.44. The van der Waals surface area contributed by atoms with Crippen molar-refractivity contribution in [3.05, 3.63) is 28.0 Å². The number of fused-ring (bicyclic) bond motifs is 1. The molecule has 1 saturated carbocycles. The largest absolute Gasteiger partial charge is 0.341 e. The van der Waals surface area contributed by atoms with Gasteiger partial charge in [-0.2, -0.15) is 0 Å². The summed E-state index contributed by atoms with van der Waals surface area (Å²) in [6, 6.07) is 3.70. The van der Waals surface area contributed by atoms with Crippen LogP contribution in [0.25, 0.3) is 11.0 Å². The lowest BCUT2D eigenvalue weighted by Crippen LogP contribution is -2.26. The van der Waals surface area contributed by atoms with Crippen molar-refractivity contribution in [2.24, 2.45) is 0 Å². The summed E-state index contributed by atoms with van der Waals surface area (Å²) in [7, 11) is 0. The van der Waals surface area contributed by atoms with Gasteiger partial charge in [0.15, 0.2) is 0 Å². The molecule has 0 atom stereocenters. The average Bonchev–Trinajstić information content (AvgIpc) is 2.74. The van der Waals surface area contributed by atoms with E-state index in [4.69, 9.17) is 28.2 Å². The number of halogens is 2. The number of aromatic amines is 1. The third-order valence-corrected chi connectivity index (χ3v) is 4.77. The van der Waals surface area contributed by atoms with Gasteiger partial charge >= 0.3 is 0 Å². The fourth-order valence-electron chi connectivity index (χ4n) is 2.86. The van der Waals surface area contributed by atoms with Crippen molar-refractivity contribution >= 4 is 34.2 Å². The highest BCUT2D eigenvalue weighted by Crippen LogP contribution is 2.38. The number of benzene rings is 1. The Labute approximate surface area is 117 Å². The molecule has 1 fully saturated rings. The van der Waals surface area contributed by atoms with Crippen LogP contribution in [0.5, 0.6) is 0 Å². The molecule has 1 heterocycles. The van der Waals surface area contributed by atoms with E-state index in [0.717, 1.165) is 16.9 Å². The van der Waals surface area contributed by atoms with Gasteiger partial charge < -0.3 is 4.98 Å². The van der Waals surface area contributed by atoms with Gasteiger partial charge in [0.1, 0.15) is 5.82 Å². The van der Waals surface area contributed by atoms with E-state index in [0.29, 0.717) is 10.0 Å². The van der Waals surface area contributed by atoms with E-state index in [9.17, 15) is 0 Å². The first kappa shape index (κ1) is 12.3. The van der Waals surface area contributed by atoms with Crippen molar-refractivity contribution in [1.82, 2.24) is 9.97 Å². The number of rotatable bonds is 1. The van der Waals surface area contributed by atoms with Crippen molar-refractivity contribution in [3.63, 3.8) is 0 Å². The summed E-state index contributed by atoms with van der Waals surface area (Å²) in [5.41, 5.74) is 2.06. The smallest absolute Gasteiger partial charge is 0.113 e. The molecular weight excluding hydrogens is 267 g/mol. The number of aromatic nitrogens is 2. The summed E-state index contributed by atoms with van der Waals surface area (Å²) in [5.74, 6) is 1.08. The highest BCUT2D eigenvalue weighted by atomic mass is 35.5. The third kappa shape index (κ3) is 2.02. The van der Waals surface area contributed by atoms with E-state index in [1.54, 1.807) is 0 Å². The van der Waals surface area contributed by atoms with E-state index in [1.165, 1.54) is 32.1 Å². The maximum absolute atomic E-state index is 6.04. The van der Waals surface area contributed by atoms with Crippen molar-refractivity contribution in [2.75, 3.05) is 0 Å². The van der Waals surface area contributed by atoms with Gasteiger partial charge in [0.25, 0.3) is 0 Å². The molecule has 0 amide bonds. The fourth-order valence-corrected chi connectivity index (χ4v) is 3.18. The van der Waals surface area contributed by atoms with Crippen molar-refractivity contribution in [3.8, 4) is 0 Å². The molecule has 4 heteroatoms. The van der Waals surface area contributed by atoms with Gasteiger partial charge in [-0.3, -0.25) is 0 Å². The standard InChI is InChI=1S/C14H16Cl2N2/c1-14(5-3-2-4-6-14)13-17-11-7-9(15)10(16)8-12(11)18-13/h7-8H,2-6H2,1H3,(H,17,18). The summed E-state index contributed by atoms with van der Waals surface area (Å²) in [4.78, 5) is 8.13. The molecule has 96 valence electrons. The molecule has 1 aromatic heterocycles. The maximum atomic E-state index is 6.04. The quantitative estimate of drug-likeness (QED) is 0.775. The van der Waals surface area contributed by atoms with Crippen LogP contribution in [0.15, 0.2) is 12.1 Å². The van der Waals surface area contributed by atoms with Gasteiger partial charge in [-0.25, -0.2) is 4.98 Å². The highest BCUT2D eigenvalue weighted by Gasteiger charge is 2.31. The maximum Gasteiger partial charge on any atom is 0.113 e. The average molecular weight is 283 g/mol. The Morgan fingerprint density at radius 2 is 1.78 bits per heavy atom. The van der Waals surface area contributed by atoms with Gasteiger partial charge in [-0.1, -0.05) is 49.4 Å². The summed E-state index contributed by atoms with van der Waals surface area (Å²) in [6.07, 6.45) is 6.32. The summed E-state index contributed by atoms with van der Waals surface area (Å²) >= 11 is 12.1. The highest BCUT2D eigenvalue weighted by molar-refractivity contribution is 6.42. The van der Waals surface area contributed by atoms with Crippen LogP contribution < -0.4 is 0 Å². The minimum absolute atomic E-state index is 0.177. The molecule has 18 heavy (non-hydrogen) atoms. The zero-order valence-corrected chi connectivity index (χ0v) is 11.9. The predicted molar refractivity (Wildman–Crippen MR) is 76.6 cm³/mol. The van der Waals surface area contributed by atoms with Crippen LogP contribution in [0.1, 0.15) is 44.9 Å². The Morgan fingerprint density at radius 3 is 2.50 bits per heavy atom. The Hall–Kier alpha value is -0.730. The Kier molecular flexibility index (Phi) is 3.03. The Morgan fingerprint density at radius 1 is 1.11 bits per heavy atom. The van der Waals surface area contributed by atoms with E-state index in [-0.39, 0.29) is 5.41 Å². The number of imidazole rings is 1. The number of hydrogen-bond acceptors (Lipinski definition) is 1. The lowest BCUT2D eigenvalue weighted by Gasteiger charge is -2.31. The number of hydrogen-bond donors (Lipinski definition) is 1. The number of nitrogens with zero attached hydrogens (tertiary/aromatic N) is 1. The lowest BCUT2D eigenvalue weighted by molar-refractivity contribution is 0.306. The molecule has 0 aliphatic heterocycles. The van der Waals surface area contributed by atoms with E-state index in [2.05, 4.69) is 11.9 Å². The second kappa shape index (κ2) is 4.43. The molecule has 0 radical (unpaired) electrons. The van der Waals surface area contributed by atoms with Crippen molar-refractivity contribution in [2.45, 2.75) is 44.4 Å². The molecular formula is C14H16Cl2N2. The van der Waals surface area contributed by atoms with Crippen LogP contribution in [0, 0.1) is 0 Å². The van der Waals surface area contributed by atoms with Crippen molar-refractivity contribution < 1.29 is 0 Å². The molecule has 0 spiro atoms. The van der Waals surface area contributed by atoms with Gasteiger partial charge in [-0.05, 0) is 25.0 Å². The summed E-state index contributed by atoms with van der Waals surface area (Å²) < 4.78 is 0. The molecule has 1 N–H and O–H groups in total. The zero-order valence-electron chi connectivity index (χ0n) is 10.4. The summed E-state index contributed by atoms with van der Waals surface area (Å²) in [6.45, 7) is 2.30. The third-order valence-electron chi connectivity index (χ3n) is 4.05. The molecule has 0 bridgehead atoms. The van der Waals surface area contributed by atoms with Crippen LogP contribution in [-0.4, -0.2) is 9.97 Å². The van der Waals surface area contributed by atoms with Crippen LogP contribution in [0.4, 0.5) is 0 Å². The second-order valence-electron chi connectivity index (χ2n) is 5.49. The molecule has 2 aromatic rings. The van der Waals surface area contributed by atoms with Crippen LogP contribution >= 0.6 is 23.2 Å². The normalized spacial score (nSPS) is 19.3. The number of nitrogens with one attached hydrogen (secondary N) is 1. The molecule has 1 aliphatic carbocycles. The van der Waals surface area contributed by atoms with E-state index < -0.39 is 0 Å². The van der Waals surface area contributed by atoms with Crippen LogP contribution in [0.3, 0.4) is 0 Å². The minimum Gasteiger partial charge on any atom is -0.341 e. The zero-order chi connectivity index (χ0) is 12.8. The topological polar surface area (TPSA) is 28.7 Å². The van der Waals surface area contributed by atoms with Gasteiger partial charge in [0, 0.05) is 5.41 Å². The lowest BCUT2D eigenvalue weighted by atomic mass is 9.75. The number of H-pyrrole nitrogens is 1.